The fraction of sp³-hybridized carbons (Fsp3) is 0.0769. The largest absolute Gasteiger partial charge is 0.416 e. The predicted octanol–water partition coefficient (Wildman–Crippen LogP) is 3.64. The summed E-state index contributed by atoms with van der Waals surface area (Å²) in [6, 6.07) is 6.82. The molecular weight excluding hydrogens is 255 g/mol. The lowest BCUT2D eigenvalue weighted by atomic mass is 10.1. The van der Waals surface area contributed by atoms with E-state index in [-0.39, 0.29) is 0 Å². The third-order valence-electron chi connectivity index (χ3n) is 2.76. The summed E-state index contributed by atoms with van der Waals surface area (Å²) in [6.45, 7) is 0. The molecule has 0 spiro atoms. The Hall–Kier alpha value is -2.37. The van der Waals surface area contributed by atoms with Crippen LogP contribution in [0.5, 0.6) is 0 Å². The molecule has 6 heteroatoms. The molecular formula is C13H8F3N3. The molecule has 2 aromatic heterocycles. The van der Waals surface area contributed by atoms with Crippen LogP contribution in [0.15, 0.2) is 42.7 Å². The zero-order chi connectivity index (χ0) is 13.5. The van der Waals surface area contributed by atoms with Crippen molar-refractivity contribution in [3.63, 3.8) is 0 Å². The second-order valence-corrected chi connectivity index (χ2v) is 4.05. The quantitative estimate of drug-likeness (QED) is 0.728. The molecule has 96 valence electrons. The molecule has 0 amide bonds. The summed E-state index contributed by atoms with van der Waals surface area (Å²) in [5.74, 6) is 0. The highest BCUT2D eigenvalue weighted by Crippen LogP contribution is 2.32. The van der Waals surface area contributed by atoms with E-state index in [1.807, 2.05) is 0 Å². The first-order valence-corrected chi connectivity index (χ1v) is 5.51. The first-order valence-electron chi connectivity index (χ1n) is 5.51. The molecule has 2 heterocycles. The Morgan fingerprint density at radius 2 is 1.79 bits per heavy atom. The molecule has 3 rings (SSSR count). The summed E-state index contributed by atoms with van der Waals surface area (Å²) in [7, 11) is 0. The zero-order valence-electron chi connectivity index (χ0n) is 9.57. The molecule has 0 fully saturated rings. The Morgan fingerprint density at radius 1 is 1.00 bits per heavy atom. The maximum atomic E-state index is 12.7. The average molecular weight is 263 g/mol. The van der Waals surface area contributed by atoms with Crippen LogP contribution in [0.3, 0.4) is 0 Å². The Bertz CT molecular complexity index is 698. The molecule has 19 heavy (non-hydrogen) atoms. The number of aromatic nitrogens is 3. The third kappa shape index (κ3) is 2.16. The summed E-state index contributed by atoms with van der Waals surface area (Å²) in [6.07, 6.45) is -1.29. The molecule has 3 nitrogen and oxygen atoms in total. The lowest BCUT2D eigenvalue weighted by Gasteiger charge is -2.07. The van der Waals surface area contributed by atoms with Gasteiger partial charge in [0.2, 0.25) is 0 Å². The van der Waals surface area contributed by atoms with Gasteiger partial charge in [0, 0.05) is 18.1 Å². The lowest BCUT2D eigenvalue weighted by Crippen LogP contribution is -2.04. The summed E-state index contributed by atoms with van der Waals surface area (Å²) in [4.78, 5) is 11.1. The molecule has 0 bridgehead atoms. The Morgan fingerprint density at radius 3 is 2.53 bits per heavy atom. The smallest absolute Gasteiger partial charge is 0.338 e. The number of H-pyrrole nitrogens is 1. The summed E-state index contributed by atoms with van der Waals surface area (Å²) in [5, 5.41) is 0. The van der Waals surface area contributed by atoms with Gasteiger partial charge in [0.15, 0.2) is 5.65 Å². The van der Waals surface area contributed by atoms with Crippen LogP contribution in [-0.2, 0) is 6.18 Å². The van der Waals surface area contributed by atoms with Gasteiger partial charge in [-0.3, -0.25) is 4.98 Å². The van der Waals surface area contributed by atoms with E-state index in [4.69, 9.17) is 0 Å². The van der Waals surface area contributed by atoms with E-state index in [0.29, 0.717) is 22.4 Å². The van der Waals surface area contributed by atoms with Crippen molar-refractivity contribution in [1.82, 2.24) is 15.0 Å². The monoisotopic (exact) mass is 263 g/mol. The molecule has 0 saturated heterocycles. The van der Waals surface area contributed by atoms with Crippen molar-refractivity contribution in [3.8, 4) is 11.3 Å². The number of benzene rings is 1. The van der Waals surface area contributed by atoms with Crippen molar-refractivity contribution in [2.45, 2.75) is 6.18 Å². The molecule has 1 N–H and O–H groups in total. The van der Waals surface area contributed by atoms with Crippen LogP contribution in [0.1, 0.15) is 5.56 Å². The Kier molecular flexibility index (Phi) is 2.51. The van der Waals surface area contributed by atoms with Crippen molar-refractivity contribution in [2.75, 3.05) is 0 Å². The number of halogens is 3. The normalized spacial score (nSPS) is 11.9. The third-order valence-corrected chi connectivity index (χ3v) is 2.76. The zero-order valence-corrected chi connectivity index (χ0v) is 9.57. The van der Waals surface area contributed by atoms with E-state index in [1.54, 1.807) is 12.1 Å². The standard InChI is InChI=1S/C13H8F3N3/c14-13(15,16)9-3-1-2-8(6-9)10-7-11-12(19-10)18-5-4-17-11/h1-7H,(H,18,19). The summed E-state index contributed by atoms with van der Waals surface area (Å²) in [5.41, 5.74) is 1.51. The van der Waals surface area contributed by atoms with Gasteiger partial charge in [-0.2, -0.15) is 13.2 Å². The van der Waals surface area contributed by atoms with Crippen molar-refractivity contribution in [1.29, 1.82) is 0 Å². The van der Waals surface area contributed by atoms with E-state index in [2.05, 4.69) is 15.0 Å². The van der Waals surface area contributed by atoms with E-state index in [1.165, 1.54) is 18.5 Å². The molecule has 0 unspecified atom stereocenters. The molecule has 0 saturated carbocycles. The average Bonchev–Trinajstić information content (AvgIpc) is 2.81. The predicted molar refractivity (Wildman–Crippen MR) is 64.3 cm³/mol. The maximum Gasteiger partial charge on any atom is 0.416 e. The number of fused-ring (bicyclic) bond motifs is 1. The first-order chi connectivity index (χ1) is 9.04. The molecule has 3 aromatic rings. The second-order valence-electron chi connectivity index (χ2n) is 4.05. The number of nitrogens with one attached hydrogen (secondary N) is 1. The Labute approximate surface area is 106 Å². The van der Waals surface area contributed by atoms with Gasteiger partial charge in [-0.05, 0) is 23.8 Å². The molecule has 0 atom stereocenters. The van der Waals surface area contributed by atoms with Gasteiger partial charge in [0.25, 0.3) is 0 Å². The number of nitrogens with zero attached hydrogens (tertiary/aromatic N) is 2. The number of hydrogen-bond donors (Lipinski definition) is 1. The fourth-order valence-electron chi connectivity index (χ4n) is 1.87. The van der Waals surface area contributed by atoms with Crippen LogP contribution in [0, 0.1) is 0 Å². The fourth-order valence-corrected chi connectivity index (χ4v) is 1.87. The topological polar surface area (TPSA) is 41.6 Å². The minimum Gasteiger partial charge on any atom is -0.338 e. The summed E-state index contributed by atoms with van der Waals surface area (Å²) >= 11 is 0. The first kappa shape index (κ1) is 11.7. The SMILES string of the molecule is FC(F)(F)c1cccc(-c2cc3nccnc3[nH]2)c1. The van der Waals surface area contributed by atoms with E-state index >= 15 is 0 Å². The van der Waals surface area contributed by atoms with Gasteiger partial charge in [-0.25, -0.2) is 4.98 Å². The number of aromatic amines is 1. The highest BCUT2D eigenvalue weighted by Gasteiger charge is 2.30. The molecule has 0 radical (unpaired) electrons. The minimum atomic E-state index is -4.35. The van der Waals surface area contributed by atoms with Crippen molar-refractivity contribution >= 4 is 11.2 Å². The highest BCUT2D eigenvalue weighted by molar-refractivity contribution is 5.79. The van der Waals surface area contributed by atoms with Gasteiger partial charge < -0.3 is 4.98 Å². The van der Waals surface area contributed by atoms with Gasteiger partial charge in [0.05, 0.1) is 5.56 Å². The van der Waals surface area contributed by atoms with Crippen molar-refractivity contribution < 1.29 is 13.2 Å². The molecule has 0 aliphatic carbocycles. The van der Waals surface area contributed by atoms with Gasteiger partial charge in [0.1, 0.15) is 5.52 Å². The molecule has 0 aliphatic rings. The van der Waals surface area contributed by atoms with Crippen LogP contribution in [0.2, 0.25) is 0 Å². The lowest BCUT2D eigenvalue weighted by molar-refractivity contribution is -0.137. The van der Waals surface area contributed by atoms with Crippen molar-refractivity contribution in [3.05, 3.63) is 48.3 Å². The van der Waals surface area contributed by atoms with Gasteiger partial charge in [-0.1, -0.05) is 12.1 Å². The van der Waals surface area contributed by atoms with Gasteiger partial charge in [-0.15, -0.1) is 0 Å². The van der Waals surface area contributed by atoms with Crippen LogP contribution in [0.25, 0.3) is 22.4 Å². The number of hydrogen-bond acceptors (Lipinski definition) is 2. The number of alkyl halides is 3. The van der Waals surface area contributed by atoms with Crippen LogP contribution >= 0.6 is 0 Å². The highest BCUT2D eigenvalue weighted by atomic mass is 19.4. The van der Waals surface area contributed by atoms with E-state index in [9.17, 15) is 13.2 Å². The summed E-state index contributed by atoms with van der Waals surface area (Å²) < 4.78 is 38.0. The van der Waals surface area contributed by atoms with Crippen molar-refractivity contribution in [2.24, 2.45) is 0 Å². The van der Waals surface area contributed by atoms with E-state index in [0.717, 1.165) is 12.1 Å². The van der Waals surface area contributed by atoms with Crippen LogP contribution in [0.4, 0.5) is 13.2 Å². The molecule has 1 aromatic carbocycles. The maximum absolute atomic E-state index is 12.7. The van der Waals surface area contributed by atoms with Gasteiger partial charge >= 0.3 is 6.18 Å². The Balaban J connectivity index is 2.11. The molecule has 0 aliphatic heterocycles. The van der Waals surface area contributed by atoms with E-state index < -0.39 is 11.7 Å². The number of rotatable bonds is 1. The van der Waals surface area contributed by atoms with Crippen LogP contribution in [-0.4, -0.2) is 15.0 Å². The minimum absolute atomic E-state index is 0.453. The van der Waals surface area contributed by atoms with Crippen LogP contribution < -0.4 is 0 Å². The second kappa shape index (κ2) is 4.08.